The highest BCUT2D eigenvalue weighted by molar-refractivity contribution is 6.16. The molecule has 0 atom stereocenters. The fraction of sp³-hybridized carbons (Fsp3) is 0.129. The molecule has 0 fully saturated rings. The van der Waals surface area contributed by atoms with Crippen molar-refractivity contribution in [3.05, 3.63) is 108 Å². The molecule has 2 aromatic carbocycles. The van der Waals surface area contributed by atoms with Gasteiger partial charge in [0.25, 0.3) is 0 Å². The van der Waals surface area contributed by atoms with Crippen LogP contribution in [0.1, 0.15) is 36.6 Å². The molecular weight excluding hydrogens is 480 g/mol. The van der Waals surface area contributed by atoms with Crippen LogP contribution in [0.15, 0.2) is 86.2 Å². The summed E-state index contributed by atoms with van der Waals surface area (Å²) < 4.78 is 14.6. The second-order valence-corrected chi connectivity index (χ2v) is 8.59. The molecule has 0 radical (unpaired) electrons. The average Bonchev–Trinajstić information content (AvgIpc) is 3.56. The number of aldehydes is 2. The summed E-state index contributed by atoms with van der Waals surface area (Å²) in [6.07, 6.45) is 8.42. The van der Waals surface area contributed by atoms with Crippen molar-refractivity contribution >= 4 is 18.4 Å². The van der Waals surface area contributed by atoms with Gasteiger partial charge in [-0.15, -0.1) is 13.2 Å². The number of methoxy groups -OCH3 is 2. The average molecular weight is 509 g/mol. The molecule has 0 amide bonds. The predicted molar refractivity (Wildman–Crippen MR) is 147 cm³/mol. The summed E-state index contributed by atoms with van der Waals surface area (Å²) in [4.78, 5) is 37.4. The lowest BCUT2D eigenvalue weighted by atomic mass is 9.92. The van der Waals surface area contributed by atoms with Crippen LogP contribution < -0.4 is 9.47 Å². The molecule has 0 spiro atoms. The third kappa shape index (κ3) is 4.99. The molecule has 7 nitrogen and oxygen atoms in total. The molecule has 2 aromatic heterocycles. The number of hydrogen-bond acceptors (Lipinski definition) is 5. The molecule has 0 unspecified atom stereocenters. The number of ether oxygens (including phenoxy) is 2. The van der Waals surface area contributed by atoms with E-state index in [4.69, 9.17) is 9.47 Å². The Hall–Kier alpha value is -4.91. The topological polar surface area (TPSA) is 79.5 Å². The largest absolute Gasteiger partial charge is 0.497 e. The Morgan fingerprint density at radius 2 is 1.16 bits per heavy atom. The monoisotopic (exact) mass is 508 g/mol. The summed E-state index contributed by atoms with van der Waals surface area (Å²) in [6.45, 7) is 8.52. The number of allylic oxidation sites excluding steroid dienone is 2. The number of carbonyl (C=O) groups is 3. The maximum Gasteiger partial charge on any atom is 0.194 e. The van der Waals surface area contributed by atoms with Crippen molar-refractivity contribution in [1.29, 1.82) is 0 Å². The lowest BCUT2D eigenvalue weighted by molar-refractivity contribution is 0.103. The number of aromatic nitrogens is 2. The van der Waals surface area contributed by atoms with Gasteiger partial charge in [-0.05, 0) is 48.5 Å². The van der Waals surface area contributed by atoms with Gasteiger partial charge in [0, 0.05) is 70.3 Å². The quantitative estimate of drug-likeness (QED) is 0.136. The van der Waals surface area contributed by atoms with Gasteiger partial charge in [-0.25, -0.2) is 0 Å². The minimum absolute atomic E-state index is 0.238. The Balaban J connectivity index is 1.95. The van der Waals surface area contributed by atoms with Gasteiger partial charge in [0.15, 0.2) is 18.4 Å². The first kappa shape index (κ1) is 26.2. The number of hydrogen-bond donors (Lipinski definition) is 0. The van der Waals surface area contributed by atoms with Gasteiger partial charge in [-0.2, -0.15) is 0 Å². The molecule has 0 aliphatic heterocycles. The maximum absolute atomic E-state index is 14.2. The molecule has 0 aliphatic carbocycles. The van der Waals surface area contributed by atoms with E-state index in [0.717, 1.165) is 12.6 Å². The predicted octanol–water partition coefficient (Wildman–Crippen LogP) is 5.87. The highest BCUT2D eigenvalue weighted by atomic mass is 16.5. The van der Waals surface area contributed by atoms with Gasteiger partial charge in [0.1, 0.15) is 11.5 Å². The van der Waals surface area contributed by atoms with E-state index in [0.29, 0.717) is 69.4 Å². The van der Waals surface area contributed by atoms with Crippen LogP contribution in [-0.2, 0) is 13.1 Å². The molecule has 4 rings (SSSR count). The highest BCUT2D eigenvalue weighted by Gasteiger charge is 2.23. The molecule has 192 valence electrons. The van der Waals surface area contributed by atoms with E-state index in [1.807, 2.05) is 9.13 Å². The van der Waals surface area contributed by atoms with E-state index in [2.05, 4.69) is 13.2 Å². The SMILES string of the molecule is C=CCn1cc(C=O)cc1-c1cc(OC)ccc1C(=O)c1ccc(OC)cc1-c1cc(C=O)cn1CC=C. The van der Waals surface area contributed by atoms with E-state index in [1.54, 1.807) is 87.3 Å². The first-order valence-corrected chi connectivity index (χ1v) is 11.9. The van der Waals surface area contributed by atoms with Gasteiger partial charge in [-0.1, -0.05) is 12.2 Å². The van der Waals surface area contributed by atoms with Crippen molar-refractivity contribution < 1.29 is 23.9 Å². The van der Waals surface area contributed by atoms with Crippen LogP contribution in [-0.4, -0.2) is 41.7 Å². The van der Waals surface area contributed by atoms with E-state index in [9.17, 15) is 14.4 Å². The minimum atomic E-state index is -0.238. The Bertz CT molecular complexity index is 1430. The smallest absolute Gasteiger partial charge is 0.194 e. The van der Waals surface area contributed by atoms with Crippen molar-refractivity contribution in [3.8, 4) is 34.0 Å². The van der Waals surface area contributed by atoms with E-state index in [1.165, 1.54) is 0 Å². The Morgan fingerprint density at radius 3 is 1.50 bits per heavy atom. The molecule has 0 saturated heterocycles. The van der Waals surface area contributed by atoms with Crippen molar-refractivity contribution in [2.45, 2.75) is 13.1 Å². The summed E-state index contributed by atoms with van der Waals surface area (Å²) in [5, 5.41) is 0. The zero-order valence-corrected chi connectivity index (χ0v) is 21.3. The summed E-state index contributed by atoms with van der Waals surface area (Å²) >= 11 is 0. The maximum atomic E-state index is 14.2. The summed E-state index contributed by atoms with van der Waals surface area (Å²) in [5.41, 5.74) is 4.41. The lowest BCUT2D eigenvalue weighted by Gasteiger charge is -2.16. The van der Waals surface area contributed by atoms with Crippen LogP contribution in [0, 0.1) is 0 Å². The molecule has 7 heteroatoms. The second-order valence-electron chi connectivity index (χ2n) is 8.59. The first-order valence-electron chi connectivity index (χ1n) is 11.9. The highest BCUT2D eigenvalue weighted by Crippen LogP contribution is 2.35. The Labute approximate surface area is 221 Å². The van der Waals surface area contributed by atoms with Crippen molar-refractivity contribution in [3.63, 3.8) is 0 Å². The van der Waals surface area contributed by atoms with Crippen molar-refractivity contribution in [2.75, 3.05) is 14.2 Å². The van der Waals surface area contributed by atoms with Gasteiger partial charge in [0.05, 0.1) is 14.2 Å². The molecule has 0 aliphatic rings. The van der Waals surface area contributed by atoms with Crippen LogP contribution in [0.25, 0.3) is 22.5 Å². The van der Waals surface area contributed by atoms with Gasteiger partial charge in [-0.3, -0.25) is 14.4 Å². The summed E-state index contributed by atoms with van der Waals surface area (Å²) in [7, 11) is 3.11. The van der Waals surface area contributed by atoms with Crippen LogP contribution in [0.4, 0.5) is 0 Å². The van der Waals surface area contributed by atoms with Gasteiger partial charge >= 0.3 is 0 Å². The van der Waals surface area contributed by atoms with Crippen LogP contribution in [0.5, 0.6) is 11.5 Å². The van der Waals surface area contributed by atoms with E-state index < -0.39 is 0 Å². The number of benzene rings is 2. The summed E-state index contributed by atoms with van der Waals surface area (Å²) in [5.74, 6) is 0.903. The fourth-order valence-corrected chi connectivity index (χ4v) is 4.49. The molecule has 2 heterocycles. The lowest BCUT2D eigenvalue weighted by Crippen LogP contribution is -2.09. The molecule has 4 aromatic rings. The van der Waals surface area contributed by atoms with Crippen LogP contribution >= 0.6 is 0 Å². The normalized spacial score (nSPS) is 10.6. The molecular formula is C31H28N2O5. The van der Waals surface area contributed by atoms with Crippen molar-refractivity contribution in [1.82, 2.24) is 9.13 Å². The number of carbonyl (C=O) groups excluding carboxylic acids is 3. The molecule has 0 saturated carbocycles. The number of nitrogens with zero attached hydrogens (tertiary/aromatic N) is 2. The Kier molecular flexibility index (Phi) is 7.87. The molecule has 38 heavy (non-hydrogen) atoms. The van der Waals surface area contributed by atoms with Gasteiger partial charge in [0.2, 0.25) is 0 Å². The van der Waals surface area contributed by atoms with Crippen LogP contribution in [0.2, 0.25) is 0 Å². The zero-order valence-electron chi connectivity index (χ0n) is 21.3. The minimum Gasteiger partial charge on any atom is -0.497 e. The van der Waals surface area contributed by atoms with Gasteiger partial charge < -0.3 is 18.6 Å². The standard InChI is InChI=1S/C31H28N2O5/c1-5-11-32-17-21(19-34)13-29(32)27-15-23(37-3)7-9-25(27)31(36)26-10-8-24(38-4)16-28(26)30-14-22(20-35)18-33(30)12-6-2/h5-10,13-20H,1-2,11-12H2,3-4H3. The first-order chi connectivity index (χ1) is 18.5. The Morgan fingerprint density at radius 1 is 0.737 bits per heavy atom. The molecule has 0 N–H and O–H groups in total. The fourth-order valence-electron chi connectivity index (χ4n) is 4.49. The third-order valence-corrected chi connectivity index (χ3v) is 6.25. The number of ketones is 1. The number of rotatable bonds is 12. The van der Waals surface area contributed by atoms with Crippen LogP contribution in [0.3, 0.4) is 0 Å². The second kappa shape index (κ2) is 11.4. The van der Waals surface area contributed by atoms with Crippen molar-refractivity contribution in [2.24, 2.45) is 0 Å². The van der Waals surface area contributed by atoms with E-state index >= 15 is 0 Å². The van der Waals surface area contributed by atoms with E-state index in [-0.39, 0.29) is 5.78 Å². The summed E-state index contributed by atoms with van der Waals surface area (Å²) in [6, 6.07) is 13.9. The zero-order chi connectivity index (χ0) is 27.2. The third-order valence-electron chi connectivity index (χ3n) is 6.25. The molecule has 0 bridgehead atoms.